The highest BCUT2D eigenvalue weighted by Crippen LogP contribution is 2.38. The predicted octanol–water partition coefficient (Wildman–Crippen LogP) is 1.09. The van der Waals surface area contributed by atoms with Crippen LogP contribution in [0.1, 0.15) is 34.6 Å². The Morgan fingerprint density at radius 1 is 0.931 bits per heavy atom. The number of aliphatic hydroxyl groups is 2. The van der Waals surface area contributed by atoms with Gasteiger partial charge in [0.25, 0.3) is 0 Å². The van der Waals surface area contributed by atoms with E-state index in [0.717, 1.165) is 0 Å². The molecule has 2 aliphatic rings. The molecule has 2 aliphatic carbocycles. The maximum atomic E-state index is 13.3. The van der Waals surface area contributed by atoms with E-state index >= 15 is 0 Å². The molecule has 4 N–H and O–H groups in total. The molecule has 0 aliphatic heterocycles. The van der Waals surface area contributed by atoms with Gasteiger partial charge in [-0.25, -0.2) is 0 Å². The van der Waals surface area contributed by atoms with Crippen LogP contribution in [0.5, 0.6) is 0 Å². The van der Waals surface area contributed by atoms with Crippen LogP contribution < -0.4 is 15.5 Å². The number of benzene rings is 1. The van der Waals surface area contributed by atoms with Gasteiger partial charge < -0.3 is 15.1 Å². The zero-order valence-electron chi connectivity index (χ0n) is 16.8. The van der Waals surface area contributed by atoms with E-state index in [4.69, 9.17) is 0 Å². The summed E-state index contributed by atoms with van der Waals surface area (Å²) in [7, 11) is 0. The number of anilines is 1. The Morgan fingerprint density at radius 2 is 1.48 bits per heavy atom. The van der Waals surface area contributed by atoms with Crippen molar-refractivity contribution < 1.29 is 19.8 Å². The fraction of sp³-hybridized carbons (Fsp3) is 0.455. The molecule has 1 aromatic carbocycles. The van der Waals surface area contributed by atoms with Crippen LogP contribution in [0, 0.1) is 11.8 Å². The summed E-state index contributed by atoms with van der Waals surface area (Å²) in [5, 5.41) is 24.9. The lowest BCUT2D eigenvalue weighted by Gasteiger charge is -2.33. The minimum absolute atomic E-state index is 0.0313. The fourth-order valence-electron chi connectivity index (χ4n) is 3.89. The number of rotatable bonds is 9. The molecule has 0 saturated heterocycles. The molecule has 0 spiro atoms. The average molecular weight is 399 g/mol. The van der Waals surface area contributed by atoms with Gasteiger partial charge in [-0.3, -0.25) is 20.2 Å². The molecule has 0 saturated carbocycles. The number of fused-ring (bicyclic) bond motifs is 2. The molecule has 4 atom stereocenters. The third-order valence-corrected chi connectivity index (χ3v) is 5.28. The second kappa shape index (κ2) is 9.45. The molecule has 0 amide bonds. The number of hydrogen-bond donors (Lipinski definition) is 4. The van der Waals surface area contributed by atoms with Crippen molar-refractivity contribution in [1.29, 1.82) is 0 Å². The van der Waals surface area contributed by atoms with Gasteiger partial charge in [-0.1, -0.05) is 36.4 Å². The van der Waals surface area contributed by atoms with E-state index in [1.807, 2.05) is 23.1 Å². The Morgan fingerprint density at radius 3 is 2.03 bits per heavy atom. The Balaban J connectivity index is 1.93. The van der Waals surface area contributed by atoms with E-state index in [2.05, 4.69) is 10.6 Å². The second-order valence-electron chi connectivity index (χ2n) is 7.50. The molecule has 0 radical (unpaired) electrons. The molecular weight excluding hydrogens is 370 g/mol. The lowest BCUT2D eigenvalue weighted by molar-refractivity contribution is 0.0802. The molecule has 1 aromatic rings. The molecule has 4 unspecified atom stereocenters. The fourth-order valence-corrected chi connectivity index (χ4v) is 3.89. The van der Waals surface area contributed by atoms with Crippen LogP contribution in [0.25, 0.3) is 0 Å². The highest BCUT2D eigenvalue weighted by atomic mass is 16.3. The maximum Gasteiger partial charge on any atom is 0.173 e. The second-order valence-corrected chi connectivity index (χ2v) is 7.50. The smallest absolute Gasteiger partial charge is 0.173 e. The highest BCUT2D eigenvalue weighted by Gasteiger charge is 2.41. The number of ketones is 2. The van der Waals surface area contributed by atoms with Gasteiger partial charge in [0, 0.05) is 37.4 Å². The standard InChI is InChI=1S/C22H29N3O4/c1-14(26)23-10-12-25(13-11-24-15(2)27)19-9-5-8-18-20(19)22(29)17-7-4-3-6-16(17)21(18)28/h3-9,14-17,23-24,26-27H,10-13H2,1-2H3. The monoisotopic (exact) mass is 399 g/mol. The minimum atomic E-state index is -0.639. The average Bonchev–Trinajstić information content (AvgIpc) is 2.70. The zero-order chi connectivity index (χ0) is 21.0. The Labute approximate surface area is 171 Å². The Kier molecular flexibility index (Phi) is 6.97. The van der Waals surface area contributed by atoms with E-state index in [1.165, 1.54) is 0 Å². The molecule has 156 valence electrons. The molecule has 0 heterocycles. The minimum Gasteiger partial charge on any atom is -0.379 e. The van der Waals surface area contributed by atoms with Crippen molar-refractivity contribution >= 4 is 17.3 Å². The SMILES string of the molecule is CC(O)NCCN(CCNC(C)O)c1cccc2c1C(=O)C1C=CC=CC1C2=O. The molecule has 7 nitrogen and oxygen atoms in total. The van der Waals surface area contributed by atoms with Crippen molar-refractivity contribution in [3.63, 3.8) is 0 Å². The van der Waals surface area contributed by atoms with Gasteiger partial charge in [0.05, 0.1) is 17.4 Å². The van der Waals surface area contributed by atoms with Crippen LogP contribution in [0.4, 0.5) is 5.69 Å². The number of allylic oxidation sites excluding steroid dienone is 4. The number of nitrogens with zero attached hydrogens (tertiary/aromatic N) is 1. The summed E-state index contributed by atoms with van der Waals surface area (Å²) in [6.45, 7) is 5.38. The number of nitrogens with one attached hydrogen (secondary N) is 2. The van der Waals surface area contributed by atoms with Crippen LogP contribution in [0.3, 0.4) is 0 Å². The summed E-state index contributed by atoms with van der Waals surface area (Å²) in [6, 6.07) is 5.39. The quantitative estimate of drug-likeness (QED) is 0.461. The lowest BCUT2D eigenvalue weighted by Crippen LogP contribution is -2.42. The summed E-state index contributed by atoms with van der Waals surface area (Å²) in [5.41, 5.74) is 1.64. The molecule has 29 heavy (non-hydrogen) atoms. The van der Waals surface area contributed by atoms with Crippen LogP contribution in [-0.2, 0) is 0 Å². The van der Waals surface area contributed by atoms with Crippen molar-refractivity contribution in [3.05, 3.63) is 53.6 Å². The van der Waals surface area contributed by atoms with E-state index in [9.17, 15) is 19.8 Å². The van der Waals surface area contributed by atoms with E-state index in [1.54, 1.807) is 38.1 Å². The van der Waals surface area contributed by atoms with Crippen molar-refractivity contribution in [2.24, 2.45) is 11.8 Å². The molecular formula is C22H29N3O4. The van der Waals surface area contributed by atoms with Gasteiger partial charge in [-0.15, -0.1) is 0 Å². The molecule has 0 aromatic heterocycles. The van der Waals surface area contributed by atoms with E-state index < -0.39 is 24.3 Å². The summed E-state index contributed by atoms with van der Waals surface area (Å²) >= 11 is 0. The van der Waals surface area contributed by atoms with Crippen molar-refractivity contribution in [3.8, 4) is 0 Å². The highest BCUT2D eigenvalue weighted by molar-refractivity contribution is 6.20. The van der Waals surface area contributed by atoms with Gasteiger partial charge >= 0.3 is 0 Å². The van der Waals surface area contributed by atoms with Crippen molar-refractivity contribution in [1.82, 2.24) is 10.6 Å². The number of aliphatic hydroxyl groups excluding tert-OH is 2. The molecule has 7 heteroatoms. The van der Waals surface area contributed by atoms with Crippen LogP contribution >= 0.6 is 0 Å². The lowest BCUT2D eigenvalue weighted by atomic mass is 9.72. The first-order valence-electron chi connectivity index (χ1n) is 10.0. The van der Waals surface area contributed by atoms with Crippen LogP contribution in [0.15, 0.2) is 42.5 Å². The number of carbonyl (C=O) groups excluding carboxylic acids is 2. The normalized spacial score (nSPS) is 22.2. The van der Waals surface area contributed by atoms with E-state index in [0.29, 0.717) is 43.0 Å². The zero-order valence-corrected chi connectivity index (χ0v) is 16.8. The third kappa shape index (κ3) is 4.82. The van der Waals surface area contributed by atoms with E-state index in [-0.39, 0.29) is 11.6 Å². The van der Waals surface area contributed by atoms with Crippen molar-refractivity contribution in [2.75, 3.05) is 31.1 Å². The van der Waals surface area contributed by atoms with Gasteiger partial charge in [-0.2, -0.15) is 0 Å². The van der Waals surface area contributed by atoms with Gasteiger partial charge in [0.2, 0.25) is 0 Å². The molecule has 0 fully saturated rings. The maximum absolute atomic E-state index is 13.3. The third-order valence-electron chi connectivity index (χ3n) is 5.28. The predicted molar refractivity (Wildman–Crippen MR) is 112 cm³/mol. The van der Waals surface area contributed by atoms with Crippen LogP contribution in [-0.4, -0.2) is 60.4 Å². The van der Waals surface area contributed by atoms with Gasteiger partial charge in [-0.05, 0) is 19.9 Å². The number of carbonyl (C=O) groups is 2. The van der Waals surface area contributed by atoms with Gasteiger partial charge in [0.15, 0.2) is 11.6 Å². The Hall–Kier alpha value is -2.32. The van der Waals surface area contributed by atoms with Crippen LogP contribution in [0.2, 0.25) is 0 Å². The number of Topliss-reactive ketones (excluding diaryl/α,β-unsaturated/α-hetero) is 2. The summed E-state index contributed by atoms with van der Waals surface area (Å²) in [5.74, 6) is -0.972. The molecule has 0 bridgehead atoms. The largest absolute Gasteiger partial charge is 0.379 e. The first-order chi connectivity index (χ1) is 13.9. The molecule has 3 rings (SSSR count). The van der Waals surface area contributed by atoms with Crippen molar-refractivity contribution in [2.45, 2.75) is 26.3 Å². The first kappa shape index (κ1) is 21.4. The first-order valence-corrected chi connectivity index (χ1v) is 10.0. The Bertz CT molecular complexity index is 802. The number of hydrogen-bond acceptors (Lipinski definition) is 7. The topological polar surface area (TPSA) is 102 Å². The van der Waals surface area contributed by atoms with Gasteiger partial charge in [0.1, 0.15) is 12.5 Å². The summed E-state index contributed by atoms with van der Waals surface area (Å²) in [4.78, 5) is 28.4. The summed E-state index contributed by atoms with van der Waals surface area (Å²) in [6.07, 6.45) is 5.96. The summed E-state index contributed by atoms with van der Waals surface area (Å²) < 4.78 is 0.